The number of aliphatic hydroxyl groups is 1. The second-order valence-corrected chi connectivity index (χ2v) is 5.26. The smallest absolute Gasteiger partial charge is 0.165 e. The SMILES string of the molecule is O[C@H]1Cc2ccccc2[C@@H]1n1cnc2c(Cl)ncnc21. The zero-order valence-corrected chi connectivity index (χ0v) is 11.2. The van der Waals surface area contributed by atoms with Crippen LogP contribution in [0.3, 0.4) is 0 Å². The summed E-state index contributed by atoms with van der Waals surface area (Å²) in [6.07, 6.45) is 3.23. The van der Waals surface area contributed by atoms with Gasteiger partial charge < -0.3 is 9.67 Å². The van der Waals surface area contributed by atoms with Crippen LogP contribution in [0.5, 0.6) is 0 Å². The van der Waals surface area contributed by atoms with Crippen molar-refractivity contribution in [3.63, 3.8) is 0 Å². The van der Waals surface area contributed by atoms with Crippen LogP contribution in [0.15, 0.2) is 36.9 Å². The standard InChI is InChI=1S/C14H11ClN4O/c15-13-11-14(17-6-16-13)19(7-18-11)12-9-4-2-1-3-8(9)5-10(12)20/h1-4,6-7,10,12,20H,5H2/t10-,12-/m0/s1. The number of nitrogens with zero attached hydrogens (tertiary/aromatic N) is 4. The van der Waals surface area contributed by atoms with Gasteiger partial charge in [0.05, 0.1) is 18.5 Å². The Morgan fingerprint density at radius 3 is 2.95 bits per heavy atom. The molecule has 2 atom stereocenters. The van der Waals surface area contributed by atoms with Gasteiger partial charge in [-0.3, -0.25) is 0 Å². The molecular formula is C14H11ClN4O. The van der Waals surface area contributed by atoms with E-state index in [1.165, 1.54) is 6.33 Å². The van der Waals surface area contributed by atoms with Crippen LogP contribution in [0.2, 0.25) is 5.15 Å². The molecule has 0 unspecified atom stereocenters. The van der Waals surface area contributed by atoms with E-state index in [1.807, 2.05) is 28.8 Å². The molecule has 1 aliphatic rings. The summed E-state index contributed by atoms with van der Waals surface area (Å²) in [6.45, 7) is 0. The van der Waals surface area contributed by atoms with Gasteiger partial charge in [-0.05, 0) is 11.1 Å². The summed E-state index contributed by atoms with van der Waals surface area (Å²) in [5, 5.41) is 10.7. The molecule has 0 saturated heterocycles. The van der Waals surface area contributed by atoms with Gasteiger partial charge in [0.15, 0.2) is 10.8 Å². The summed E-state index contributed by atoms with van der Waals surface area (Å²) in [5.74, 6) is 0. The lowest BCUT2D eigenvalue weighted by molar-refractivity contribution is 0.145. The first-order valence-corrected chi connectivity index (χ1v) is 6.72. The first kappa shape index (κ1) is 11.8. The topological polar surface area (TPSA) is 63.8 Å². The molecule has 4 rings (SSSR count). The summed E-state index contributed by atoms with van der Waals surface area (Å²) in [4.78, 5) is 12.4. The minimum absolute atomic E-state index is 0.179. The zero-order valence-electron chi connectivity index (χ0n) is 10.4. The van der Waals surface area contributed by atoms with Gasteiger partial charge in [0.25, 0.3) is 0 Å². The third kappa shape index (κ3) is 1.57. The minimum Gasteiger partial charge on any atom is -0.390 e. The van der Waals surface area contributed by atoms with Crippen molar-refractivity contribution in [2.75, 3.05) is 0 Å². The Morgan fingerprint density at radius 2 is 2.05 bits per heavy atom. The van der Waals surface area contributed by atoms with Gasteiger partial charge in [0.2, 0.25) is 0 Å². The van der Waals surface area contributed by atoms with E-state index >= 15 is 0 Å². The highest BCUT2D eigenvalue weighted by Gasteiger charge is 2.33. The molecule has 0 radical (unpaired) electrons. The number of benzene rings is 1. The summed E-state index contributed by atoms with van der Waals surface area (Å²) in [5.41, 5.74) is 3.47. The Bertz CT molecular complexity index is 801. The highest BCUT2D eigenvalue weighted by molar-refractivity contribution is 6.33. The van der Waals surface area contributed by atoms with E-state index in [2.05, 4.69) is 15.0 Å². The molecule has 0 spiro atoms. The highest BCUT2D eigenvalue weighted by Crippen LogP contribution is 2.36. The van der Waals surface area contributed by atoms with Crippen LogP contribution in [-0.4, -0.2) is 30.7 Å². The Balaban J connectivity index is 1.94. The summed E-state index contributed by atoms with van der Waals surface area (Å²) in [7, 11) is 0. The van der Waals surface area contributed by atoms with E-state index in [1.54, 1.807) is 6.33 Å². The number of fused-ring (bicyclic) bond motifs is 2. The second kappa shape index (κ2) is 4.26. The predicted molar refractivity (Wildman–Crippen MR) is 74.6 cm³/mol. The van der Waals surface area contributed by atoms with Crippen molar-refractivity contribution in [2.24, 2.45) is 0 Å². The second-order valence-electron chi connectivity index (χ2n) is 4.90. The molecular weight excluding hydrogens is 276 g/mol. The van der Waals surface area contributed by atoms with E-state index in [-0.39, 0.29) is 6.04 Å². The van der Waals surface area contributed by atoms with E-state index in [9.17, 15) is 5.11 Å². The Kier molecular flexibility index (Phi) is 2.52. The summed E-state index contributed by atoms with van der Waals surface area (Å²) >= 11 is 6.02. The number of hydrogen-bond donors (Lipinski definition) is 1. The maximum absolute atomic E-state index is 10.4. The Morgan fingerprint density at radius 1 is 1.20 bits per heavy atom. The van der Waals surface area contributed by atoms with Crippen molar-refractivity contribution in [1.82, 2.24) is 19.5 Å². The number of halogens is 1. The molecule has 20 heavy (non-hydrogen) atoms. The van der Waals surface area contributed by atoms with Crippen molar-refractivity contribution >= 4 is 22.8 Å². The van der Waals surface area contributed by atoms with Crippen LogP contribution in [0.4, 0.5) is 0 Å². The normalized spacial score (nSPS) is 21.3. The van der Waals surface area contributed by atoms with Gasteiger partial charge >= 0.3 is 0 Å². The average molecular weight is 287 g/mol. The Hall–Kier alpha value is -1.98. The molecule has 1 N–H and O–H groups in total. The van der Waals surface area contributed by atoms with E-state index in [0.717, 1.165) is 11.1 Å². The van der Waals surface area contributed by atoms with Crippen molar-refractivity contribution in [3.05, 3.63) is 53.2 Å². The Labute approximate surface area is 119 Å². The van der Waals surface area contributed by atoms with Crippen LogP contribution in [0, 0.1) is 0 Å². The van der Waals surface area contributed by atoms with Gasteiger partial charge in [-0.1, -0.05) is 35.9 Å². The van der Waals surface area contributed by atoms with Crippen LogP contribution < -0.4 is 0 Å². The van der Waals surface area contributed by atoms with E-state index < -0.39 is 6.10 Å². The van der Waals surface area contributed by atoms with Crippen molar-refractivity contribution in [1.29, 1.82) is 0 Å². The van der Waals surface area contributed by atoms with Crippen LogP contribution in [-0.2, 0) is 6.42 Å². The molecule has 1 aromatic carbocycles. The van der Waals surface area contributed by atoms with Crippen molar-refractivity contribution in [2.45, 2.75) is 18.6 Å². The summed E-state index contributed by atoms with van der Waals surface area (Å²) < 4.78 is 1.87. The molecule has 0 amide bonds. The van der Waals surface area contributed by atoms with Gasteiger partial charge in [-0.25, -0.2) is 15.0 Å². The fourth-order valence-corrected chi connectivity index (χ4v) is 3.09. The highest BCUT2D eigenvalue weighted by atomic mass is 35.5. The summed E-state index contributed by atoms with van der Waals surface area (Å²) in [6, 6.07) is 7.86. The lowest BCUT2D eigenvalue weighted by atomic mass is 10.1. The first-order chi connectivity index (χ1) is 9.75. The van der Waals surface area contributed by atoms with Gasteiger partial charge in [0, 0.05) is 6.42 Å². The monoisotopic (exact) mass is 286 g/mol. The molecule has 2 heterocycles. The number of imidazole rings is 1. The molecule has 5 nitrogen and oxygen atoms in total. The quantitative estimate of drug-likeness (QED) is 0.695. The van der Waals surface area contributed by atoms with E-state index in [0.29, 0.717) is 22.7 Å². The number of aromatic nitrogens is 4. The van der Waals surface area contributed by atoms with Gasteiger partial charge in [0.1, 0.15) is 11.8 Å². The lowest BCUT2D eigenvalue weighted by Crippen LogP contribution is -2.20. The predicted octanol–water partition coefficient (Wildman–Crippen LogP) is 1.99. The number of hydrogen-bond acceptors (Lipinski definition) is 4. The molecule has 1 aliphatic carbocycles. The first-order valence-electron chi connectivity index (χ1n) is 6.34. The average Bonchev–Trinajstić information content (AvgIpc) is 2.99. The van der Waals surface area contributed by atoms with Crippen LogP contribution >= 0.6 is 11.6 Å². The van der Waals surface area contributed by atoms with Gasteiger partial charge in [-0.2, -0.15) is 0 Å². The molecule has 6 heteroatoms. The third-order valence-corrected chi connectivity index (χ3v) is 4.06. The fraction of sp³-hybridized carbons (Fsp3) is 0.214. The molecule has 3 aromatic rings. The van der Waals surface area contributed by atoms with Crippen LogP contribution in [0.25, 0.3) is 11.2 Å². The third-order valence-electron chi connectivity index (χ3n) is 3.78. The number of rotatable bonds is 1. The zero-order chi connectivity index (χ0) is 13.7. The lowest BCUT2D eigenvalue weighted by Gasteiger charge is -2.18. The molecule has 0 fully saturated rings. The van der Waals surface area contributed by atoms with Gasteiger partial charge in [-0.15, -0.1) is 0 Å². The molecule has 100 valence electrons. The maximum Gasteiger partial charge on any atom is 0.165 e. The van der Waals surface area contributed by atoms with E-state index in [4.69, 9.17) is 11.6 Å². The fourth-order valence-electron chi connectivity index (χ4n) is 2.91. The van der Waals surface area contributed by atoms with Crippen LogP contribution in [0.1, 0.15) is 17.2 Å². The molecule has 0 bridgehead atoms. The molecule has 0 saturated carbocycles. The maximum atomic E-state index is 10.4. The number of aliphatic hydroxyl groups excluding tert-OH is 1. The molecule has 0 aliphatic heterocycles. The molecule has 2 aromatic heterocycles. The van der Waals surface area contributed by atoms with Crippen molar-refractivity contribution < 1.29 is 5.11 Å². The largest absolute Gasteiger partial charge is 0.390 e. The minimum atomic E-state index is -0.487. The van der Waals surface area contributed by atoms with Crippen molar-refractivity contribution in [3.8, 4) is 0 Å².